The van der Waals surface area contributed by atoms with Crippen LogP contribution in [0.5, 0.6) is 0 Å². The summed E-state index contributed by atoms with van der Waals surface area (Å²) in [6.45, 7) is 4.01. The number of hydrogen-bond donors (Lipinski definition) is 2. The van der Waals surface area contributed by atoms with Crippen LogP contribution in [0.15, 0.2) is 34.2 Å². The fourth-order valence-corrected chi connectivity index (χ4v) is 3.47. The number of hydrogen-bond acceptors (Lipinski definition) is 5. The molecule has 0 fully saturated rings. The number of fused-ring (bicyclic) bond motifs is 1. The van der Waals surface area contributed by atoms with Crippen molar-refractivity contribution in [3.63, 3.8) is 0 Å². The number of H-pyrrole nitrogens is 1. The van der Waals surface area contributed by atoms with Gasteiger partial charge in [0.1, 0.15) is 5.03 Å². The van der Waals surface area contributed by atoms with E-state index in [1.54, 1.807) is 29.3 Å². The Balaban J connectivity index is 1.88. The molecule has 0 spiro atoms. The SMILES string of the molecule is CCCNCc1c(Sc2ncc[nH]2)nc2sccn12. The number of imidazole rings is 2. The molecule has 0 aromatic carbocycles. The molecule has 5 nitrogen and oxygen atoms in total. The fraction of sp³-hybridized carbons (Fsp3) is 0.333. The lowest BCUT2D eigenvalue weighted by atomic mass is 10.4. The molecule has 7 heteroatoms. The quantitative estimate of drug-likeness (QED) is 0.686. The Bertz CT molecular complexity index is 640. The highest BCUT2D eigenvalue weighted by Crippen LogP contribution is 2.29. The molecule has 2 N–H and O–H groups in total. The zero-order valence-electron chi connectivity index (χ0n) is 10.6. The number of aromatic nitrogens is 4. The van der Waals surface area contributed by atoms with Crippen molar-refractivity contribution in [2.75, 3.05) is 6.54 Å². The molecule has 3 heterocycles. The Kier molecular flexibility index (Phi) is 3.86. The van der Waals surface area contributed by atoms with Crippen molar-refractivity contribution in [1.29, 1.82) is 0 Å². The molecule has 0 bridgehead atoms. The first kappa shape index (κ1) is 12.7. The van der Waals surface area contributed by atoms with Crippen molar-refractivity contribution in [3.05, 3.63) is 29.7 Å². The van der Waals surface area contributed by atoms with Crippen LogP contribution in [0.4, 0.5) is 0 Å². The minimum absolute atomic E-state index is 0.828. The molecule has 0 aliphatic rings. The molecule has 3 aromatic rings. The lowest BCUT2D eigenvalue weighted by molar-refractivity contribution is 0.653. The number of rotatable bonds is 6. The van der Waals surface area contributed by atoms with Gasteiger partial charge in [0.05, 0.1) is 5.69 Å². The molecule has 0 saturated carbocycles. The second-order valence-electron chi connectivity index (χ2n) is 4.09. The smallest absolute Gasteiger partial charge is 0.194 e. The summed E-state index contributed by atoms with van der Waals surface area (Å²) < 4.78 is 2.15. The van der Waals surface area contributed by atoms with Gasteiger partial charge in [-0.1, -0.05) is 6.92 Å². The largest absolute Gasteiger partial charge is 0.339 e. The molecule has 0 aliphatic heterocycles. The van der Waals surface area contributed by atoms with Crippen LogP contribution < -0.4 is 5.32 Å². The third-order valence-corrected chi connectivity index (χ3v) is 4.40. The summed E-state index contributed by atoms with van der Waals surface area (Å²) in [5, 5.41) is 7.40. The third-order valence-electron chi connectivity index (χ3n) is 2.71. The summed E-state index contributed by atoms with van der Waals surface area (Å²) in [5.74, 6) is 0. The highest BCUT2D eigenvalue weighted by atomic mass is 32.2. The van der Waals surface area contributed by atoms with Gasteiger partial charge >= 0.3 is 0 Å². The van der Waals surface area contributed by atoms with E-state index in [0.29, 0.717) is 0 Å². The number of nitrogens with one attached hydrogen (secondary N) is 2. The topological polar surface area (TPSA) is 58.0 Å². The van der Waals surface area contributed by atoms with Crippen molar-refractivity contribution >= 4 is 28.1 Å². The fourth-order valence-electron chi connectivity index (χ4n) is 1.84. The van der Waals surface area contributed by atoms with Crippen molar-refractivity contribution in [3.8, 4) is 0 Å². The van der Waals surface area contributed by atoms with E-state index < -0.39 is 0 Å². The van der Waals surface area contributed by atoms with Gasteiger partial charge in [-0.25, -0.2) is 9.97 Å². The zero-order valence-corrected chi connectivity index (χ0v) is 12.2. The van der Waals surface area contributed by atoms with Crippen molar-refractivity contribution in [1.82, 2.24) is 24.7 Å². The minimum Gasteiger partial charge on any atom is -0.339 e. The first-order valence-corrected chi connectivity index (χ1v) is 7.90. The maximum absolute atomic E-state index is 4.67. The molecule has 0 saturated heterocycles. The Morgan fingerprint density at radius 1 is 1.53 bits per heavy atom. The Morgan fingerprint density at radius 2 is 2.47 bits per heavy atom. The summed E-state index contributed by atoms with van der Waals surface area (Å²) in [4.78, 5) is 13.0. The van der Waals surface area contributed by atoms with E-state index in [1.807, 2.05) is 6.20 Å². The highest BCUT2D eigenvalue weighted by Gasteiger charge is 2.14. The van der Waals surface area contributed by atoms with Crippen molar-refractivity contribution in [2.45, 2.75) is 30.1 Å². The molecule has 0 amide bonds. The van der Waals surface area contributed by atoms with Gasteiger partial charge in [-0.05, 0) is 24.7 Å². The van der Waals surface area contributed by atoms with E-state index in [4.69, 9.17) is 0 Å². The van der Waals surface area contributed by atoms with Gasteiger partial charge < -0.3 is 10.3 Å². The van der Waals surface area contributed by atoms with Crippen LogP contribution in [0, 0.1) is 0 Å². The van der Waals surface area contributed by atoms with Crippen molar-refractivity contribution in [2.24, 2.45) is 0 Å². The van der Waals surface area contributed by atoms with Gasteiger partial charge in [-0.3, -0.25) is 4.40 Å². The lowest BCUT2D eigenvalue weighted by Gasteiger charge is -2.04. The minimum atomic E-state index is 0.828. The van der Waals surface area contributed by atoms with Gasteiger partial charge in [-0.15, -0.1) is 11.3 Å². The molecule has 0 unspecified atom stereocenters. The maximum Gasteiger partial charge on any atom is 0.194 e. The van der Waals surface area contributed by atoms with Gasteiger partial charge in [0, 0.05) is 30.5 Å². The van der Waals surface area contributed by atoms with E-state index in [1.165, 1.54) is 5.69 Å². The van der Waals surface area contributed by atoms with Crippen LogP contribution in [0.2, 0.25) is 0 Å². The molecule has 0 radical (unpaired) electrons. The molecule has 0 aliphatic carbocycles. The van der Waals surface area contributed by atoms with Crippen LogP contribution in [-0.2, 0) is 6.54 Å². The van der Waals surface area contributed by atoms with Gasteiger partial charge in [0.25, 0.3) is 0 Å². The summed E-state index contributed by atoms with van der Waals surface area (Å²) in [7, 11) is 0. The molecule has 3 rings (SSSR count). The molecular weight excluding hydrogens is 278 g/mol. The first-order valence-electron chi connectivity index (χ1n) is 6.21. The molecule has 0 atom stereocenters. The van der Waals surface area contributed by atoms with Crippen LogP contribution in [0.3, 0.4) is 0 Å². The number of aromatic amines is 1. The summed E-state index contributed by atoms with van der Waals surface area (Å²) in [6.07, 6.45) is 6.79. The summed E-state index contributed by atoms with van der Waals surface area (Å²) in [5.41, 5.74) is 1.20. The molecule has 100 valence electrons. The predicted octanol–water partition coefficient (Wildman–Crippen LogP) is 2.77. The predicted molar refractivity (Wildman–Crippen MR) is 77.8 cm³/mol. The Morgan fingerprint density at radius 3 is 3.26 bits per heavy atom. The molecule has 3 aromatic heterocycles. The third kappa shape index (κ3) is 2.68. The second-order valence-corrected chi connectivity index (χ2v) is 5.94. The Hall–Kier alpha value is -1.31. The normalized spacial score (nSPS) is 11.4. The van der Waals surface area contributed by atoms with Gasteiger partial charge in [-0.2, -0.15) is 0 Å². The summed E-state index contributed by atoms with van der Waals surface area (Å²) >= 11 is 3.23. The first-order chi connectivity index (χ1) is 9.38. The van der Waals surface area contributed by atoms with E-state index >= 15 is 0 Å². The number of thiazole rings is 1. The van der Waals surface area contributed by atoms with E-state index in [9.17, 15) is 0 Å². The van der Waals surface area contributed by atoms with Crippen LogP contribution in [0.25, 0.3) is 4.96 Å². The van der Waals surface area contributed by atoms with Crippen LogP contribution in [-0.4, -0.2) is 25.9 Å². The van der Waals surface area contributed by atoms with Crippen LogP contribution >= 0.6 is 23.1 Å². The average Bonchev–Trinajstić information content (AvgIpc) is 3.09. The molecule has 19 heavy (non-hydrogen) atoms. The number of nitrogens with zero attached hydrogens (tertiary/aromatic N) is 3. The van der Waals surface area contributed by atoms with E-state index in [-0.39, 0.29) is 0 Å². The summed E-state index contributed by atoms with van der Waals surface area (Å²) in [6, 6.07) is 0. The standard InChI is InChI=1S/C12H15N5S2/c1-2-3-13-8-9-10(19-11-14-4-5-15-11)16-12-17(9)6-7-18-12/h4-7,13H,2-3,8H2,1H3,(H,14,15). The van der Waals surface area contributed by atoms with Crippen molar-refractivity contribution < 1.29 is 0 Å². The lowest BCUT2D eigenvalue weighted by Crippen LogP contribution is -2.15. The zero-order chi connectivity index (χ0) is 13.1. The van der Waals surface area contributed by atoms with Crippen LogP contribution in [0.1, 0.15) is 19.0 Å². The van der Waals surface area contributed by atoms with Gasteiger partial charge in [0.2, 0.25) is 0 Å². The average molecular weight is 293 g/mol. The van der Waals surface area contributed by atoms with E-state index in [2.05, 4.69) is 43.2 Å². The van der Waals surface area contributed by atoms with Gasteiger partial charge in [0.15, 0.2) is 10.1 Å². The Labute approximate surface area is 119 Å². The monoisotopic (exact) mass is 293 g/mol. The highest BCUT2D eigenvalue weighted by molar-refractivity contribution is 7.99. The molecular formula is C12H15N5S2. The maximum atomic E-state index is 4.67. The second kappa shape index (κ2) is 5.77. The van der Waals surface area contributed by atoms with E-state index in [0.717, 1.165) is 34.7 Å².